The highest BCUT2D eigenvalue weighted by Gasteiger charge is 2.23. The van der Waals surface area contributed by atoms with Crippen molar-refractivity contribution in [2.75, 3.05) is 26.3 Å². The molecule has 1 aromatic rings. The number of aliphatic hydroxyl groups is 1. The molecule has 1 aliphatic rings. The Morgan fingerprint density at radius 3 is 2.59 bits per heavy atom. The van der Waals surface area contributed by atoms with Gasteiger partial charge < -0.3 is 15.2 Å². The van der Waals surface area contributed by atoms with Crippen molar-refractivity contribution >= 4 is 0 Å². The molecule has 1 aliphatic heterocycles. The minimum Gasteiger partial charge on any atom is -0.493 e. The van der Waals surface area contributed by atoms with Gasteiger partial charge in [0.15, 0.2) is 0 Å². The number of piperidine rings is 1. The number of ether oxygens (including phenoxy) is 1. The van der Waals surface area contributed by atoms with E-state index >= 15 is 0 Å². The average molecular weight is 235 g/mol. The van der Waals surface area contributed by atoms with E-state index in [2.05, 4.69) is 5.32 Å². The molecule has 0 bridgehead atoms. The van der Waals surface area contributed by atoms with Crippen LogP contribution in [0.15, 0.2) is 30.3 Å². The Morgan fingerprint density at radius 1 is 1.24 bits per heavy atom. The van der Waals surface area contributed by atoms with E-state index in [9.17, 15) is 5.11 Å². The number of hydrogen-bond acceptors (Lipinski definition) is 3. The number of para-hydroxylation sites is 1. The summed E-state index contributed by atoms with van der Waals surface area (Å²) in [6.45, 7) is 2.96. The zero-order valence-electron chi connectivity index (χ0n) is 10.1. The van der Waals surface area contributed by atoms with Gasteiger partial charge in [-0.3, -0.25) is 0 Å². The van der Waals surface area contributed by atoms with Gasteiger partial charge in [-0.25, -0.2) is 0 Å². The van der Waals surface area contributed by atoms with E-state index in [0.29, 0.717) is 12.5 Å². The number of rotatable bonds is 5. The molecule has 0 radical (unpaired) electrons. The fourth-order valence-electron chi connectivity index (χ4n) is 2.37. The van der Waals surface area contributed by atoms with Gasteiger partial charge in [-0.15, -0.1) is 0 Å². The average Bonchev–Trinajstić information content (AvgIpc) is 2.42. The quantitative estimate of drug-likeness (QED) is 0.816. The molecule has 1 heterocycles. The van der Waals surface area contributed by atoms with Gasteiger partial charge in [0.25, 0.3) is 0 Å². The van der Waals surface area contributed by atoms with Gasteiger partial charge >= 0.3 is 0 Å². The van der Waals surface area contributed by atoms with Crippen LogP contribution in [-0.2, 0) is 0 Å². The Morgan fingerprint density at radius 2 is 1.94 bits per heavy atom. The van der Waals surface area contributed by atoms with Gasteiger partial charge in [0.1, 0.15) is 5.75 Å². The van der Waals surface area contributed by atoms with Crippen molar-refractivity contribution in [2.24, 2.45) is 11.8 Å². The number of benzene rings is 1. The maximum absolute atomic E-state index is 9.46. The lowest BCUT2D eigenvalue weighted by atomic mass is 9.86. The normalized spacial score (nSPS) is 18.9. The second-order valence-corrected chi connectivity index (χ2v) is 4.65. The van der Waals surface area contributed by atoms with Gasteiger partial charge in [0.2, 0.25) is 0 Å². The fourth-order valence-corrected chi connectivity index (χ4v) is 2.37. The van der Waals surface area contributed by atoms with E-state index in [1.807, 2.05) is 30.3 Å². The van der Waals surface area contributed by atoms with Crippen molar-refractivity contribution in [2.45, 2.75) is 12.8 Å². The van der Waals surface area contributed by atoms with Crippen LogP contribution in [0.4, 0.5) is 0 Å². The maximum Gasteiger partial charge on any atom is 0.119 e. The lowest BCUT2D eigenvalue weighted by Gasteiger charge is -2.29. The molecule has 3 nitrogen and oxygen atoms in total. The van der Waals surface area contributed by atoms with Gasteiger partial charge in [0, 0.05) is 12.5 Å². The standard InChI is InChI=1S/C14H21NO2/c16-10-13(12-6-8-15-9-7-12)11-17-14-4-2-1-3-5-14/h1-5,12-13,15-16H,6-11H2. The van der Waals surface area contributed by atoms with E-state index in [1.54, 1.807) is 0 Å². The van der Waals surface area contributed by atoms with E-state index < -0.39 is 0 Å². The zero-order valence-corrected chi connectivity index (χ0v) is 10.1. The molecular formula is C14H21NO2. The summed E-state index contributed by atoms with van der Waals surface area (Å²) in [5.74, 6) is 1.74. The summed E-state index contributed by atoms with van der Waals surface area (Å²) < 4.78 is 5.73. The number of hydrogen-bond donors (Lipinski definition) is 2. The molecule has 2 rings (SSSR count). The van der Waals surface area contributed by atoms with Crippen molar-refractivity contribution in [3.05, 3.63) is 30.3 Å². The van der Waals surface area contributed by atoms with Crippen LogP contribution >= 0.6 is 0 Å². The fraction of sp³-hybridized carbons (Fsp3) is 0.571. The Balaban J connectivity index is 1.82. The van der Waals surface area contributed by atoms with Crippen LogP contribution in [0.3, 0.4) is 0 Å². The Hall–Kier alpha value is -1.06. The summed E-state index contributed by atoms with van der Waals surface area (Å²) in [6, 6.07) is 9.82. The number of aliphatic hydroxyl groups excluding tert-OH is 1. The molecular weight excluding hydrogens is 214 g/mol. The van der Waals surface area contributed by atoms with E-state index in [0.717, 1.165) is 31.7 Å². The predicted octanol–water partition coefficient (Wildman–Crippen LogP) is 1.67. The molecule has 3 heteroatoms. The molecule has 1 unspecified atom stereocenters. The lowest BCUT2D eigenvalue weighted by molar-refractivity contribution is 0.102. The van der Waals surface area contributed by atoms with Gasteiger partial charge in [-0.1, -0.05) is 18.2 Å². The zero-order chi connectivity index (χ0) is 11.9. The van der Waals surface area contributed by atoms with Gasteiger partial charge in [0.05, 0.1) is 6.61 Å². The molecule has 1 saturated heterocycles. The highest BCUT2D eigenvalue weighted by Crippen LogP contribution is 2.22. The third-order valence-corrected chi connectivity index (χ3v) is 3.49. The highest BCUT2D eigenvalue weighted by atomic mass is 16.5. The van der Waals surface area contributed by atoms with Crippen LogP contribution in [0.1, 0.15) is 12.8 Å². The van der Waals surface area contributed by atoms with Crippen LogP contribution in [0.5, 0.6) is 5.75 Å². The van der Waals surface area contributed by atoms with Crippen molar-refractivity contribution < 1.29 is 9.84 Å². The molecule has 0 aliphatic carbocycles. The molecule has 2 N–H and O–H groups in total. The summed E-state index contributed by atoms with van der Waals surface area (Å²) in [5.41, 5.74) is 0. The second-order valence-electron chi connectivity index (χ2n) is 4.65. The third kappa shape index (κ3) is 3.72. The van der Waals surface area contributed by atoms with E-state index in [-0.39, 0.29) is 12.5 Å². The summed E-state index contributed by atoms with van der Waals surface area (Å²) in [7, 11) is 0. The van der Waals surface area contributed by atoms with Gasteiger partial charge in [-0.05, 0) is 44.0 Å². The minimum absolute atomic E-state index is 0.220. The molecule has 0 amide bonds. The summed E-state index contributed by atoms with van der Waals surface area (Å²) in [4.78, 5) is 0. The van der Waals surface area contributed by atoms with Crippen LogP contribution < -0.4 is 10.1 Å². The van der Waals surface area contributed by atoms with E-state index in [4.69, 9.17) is 4.74 Å². The third-order valence-electron chi connectivity index (χ3n) is 3.49. The van der Waals surface area contributed by atoms with E-state index in [1.165, 1.54) is 0 Å². The summed E-state index contributed by atoms with van der Waals surface area (Å²) in [5, 5.41) is 12.8. The first-order valence-corrected chi connectivity index (χ1v) is 6.39. The predicted molar refractivity (Wildman–Crippen MR) is 68.1 cm³/mol. The van der Waals surface area contributed by atoms with Crippen LogP contribution in [0.2, 0.25) is 0 Å². The summed E-state index contributed by atoms with van der Waals surface area (Å²) in [6.07, 6.45) is 2.28. The van der Waals surface area contributed by atoms with Crippen LogP contribution in [0.25, 0.3) is 0 Å². The van der Waals surface area contributed by atoms with Gasteiger partial charge in [-0.2, -0.15) is 0 Å². The minimum atomic E-state index is 0.220. The first-order valence-electron chi connectivity index (χ1n) is 6.39. The molecule has 0 saturated carbocycles. The largest absolute Gasteiger partial charge is 0.493 e. The maximum atomic E-state index is 9.46. The lowest BCUT2D eigenvalue weighted by Crippen LogP contribution is -2.35. The Bertz CT molecular complexity index is 309. The Labute approximate surface area is 103 Å². The van der Waals surface area contributed by atoms with Crippen LogP contribution in [0, 0.1) is 11.8 Å². The molecule has 94 valence electrons. The van der Waals surface area contributed by atoms with Crippen molar-refractivity contribution in [3.8, 4) is 5.75 Å². The second kappa shape index (κ2) is 6.62. The smallest absolute Gasteiger partial charge is 0.119 e. The monoisotopic (exact) mass is 235 g/mol. The highest BCUT2D eigenvalue weighted by molar-refractivity contribution is 5.20. The molecule has 1 atom stereocenters. The molecule has 1 aromatic carbocycles. The first kappa shape index (κ1) is 12.4. The molecule has 0 aromatic heterocycles. The first-order chi connectivity index (χ1) is 8.40. The van der Waals surface area contributed by atoms with Crippen molar-refractivity contribution in [1.82, 2.24) is 5.32 Å². The van der Waals surface area contributed by atoms with Crippen molar-refractivity contribution in [1.29, 1.82) is 0 Å². The van der Waals surface area contributed by atoms with Crippen molar-refractivity contribution in [3.63, 3.8) is 0 Å². The number of nitrogens with one attached hydrogen (secondary N) is 1. The molecule has 17 heavy (non-hydrogen) atoms. The SMILES string of the molecule is OCC(COc1ccccc1)C1CCNCC1. The molecule has 0 spiro atoms. The Kier molecular flexibility index (Phi) is 4.83. The summed E-state index contributed by atoms with van der Waals surface area (Å²) >= 11 is 0. The topological polar surface area (TPSA) is 41.5 Å². The molecule has 1 fully saturated rings. The van der Waals surface area contributed by atoms with Crippen LogP contribution in [-0.4, -0.2) is 31.4 Å².